The summed E-state index contributed by atoms with van der Waals surface area (Å²) in [6, 6.07) is 5.59. The van der Waals surface area contributed by atoms with Crippen LogP contribution < -0.4 is 0 Å². The normalized spacial score (nSPS) is 15.0. The second-order valence-corrected chi connectivity index (χ2v) is 6.67. The van der Waals surface area contributed by atoms with E-state index in [9.17, 15) is 9.59 Å². The number of aromatic nitrogens is 3. The van der Waals surface area contributed by atoms with Crippen LogP contribution in [0.4, 0.5) is 0 Å². The number of carboxylic acids is 1. The topological polar surface area (TPSA) is 88.3 Å². The van der Waals surface area contributed by atoms with Crippen molar-refractivity contribution in [3.05, 3.63) is 41.3 Å². The highest BCUT2D eigenvalue weighted by atomic mass is 16.4. The van der Waals surface area contributed by atoms with Crippen molar-refractivity contribution in [1.29, 1.82) is 0 Å². The van der Waals surface area contributed by atoms with Crippen LogP contribution in [-0.4, -0.2) is 49.2 Å². The van der Waals surface area contributed by atoms with Gasteiger partial charge in [0.1, 0.15) is 0 Å². The third-order valence-electron chi connectivity index (χ3n) is 4.36. The summed E-state index contributed by atoms with van der Waals surface area (Å²) in [5.41, 5.74) is 2.34. The Labute approximate surface area is 146 Å². The molecule has 2 aromatic heterocycles. The Hall–Kier alpha value is -2.70. The first kappa shape index (κ1) is 17.1. The van der Waals surface area contributed by atoms with Gasteiger partial charge in [0.05, 0.1) is 17.2 Å². The molecule has 1 fully saturated rings. The molecule has 0 saturated heterocycles. The molecule has 7 heteroatoms. The predicted octanol–water partition coefficient (Wildman–Crippen LogP) is 2.21. The molecule has 0 aliphatic heterocycles. The molecule has 0 bridgehead atoms. The van der Waals surface area contributed by atoms with Crippen LogP contribution in [0, 0.1) is 19.8 Å². The van der Waals surface area contributed by atoms with Crippen molar-refractivity contribution in [2.45, 2.75) is 39.7 Å². The SMILES string of the molecule is Cc1cc(C)n(-c2ccc(C(=O)N(CC(C)C(=O)O)C3CC3)cn2)n1. The lowest BCUT2D eigenvalue weighted by Crippen LogP contribution is -2.38. The molecule has 3 rings (SSSR count). The standard InChI is InChI=1S/C18H22N4O3/c1-11(18(24)25)10-21(15-5-6-15)17(23)14-4-7-16(19-9-14)22-13(3)8-12(2)20-22/h4,7-9,11,15H,5-6,10H2,1-3H3,(H,24,25). The maximum Gasteiger partial charge on any atom is 0.308 e. The second-order valence-electron chi connectivity index (χ2n) is 6.67. The molecule has 1 atom stereocenters. The zero-order valence-electron chi connectivity index (χ0n) is 14.6. The number of aliphatic carboxylic acids is 1. The summed E-state index contributed by atoms with van der Waals surface area (Å²) in [7, 11) is 0. The first-order valence-corrected chi connectivity index (χ1v) is 8.40. The lowest BCUT2D eigenvalue weighted by Gasteiger charge is -2.24. The van der Waals surface area contributed by atoms with Gasteiger partial charge in [-0.2, -0.15) is 5.10 Å². The van der Waals surface area contributed by atoms with Crippen molar-refractivity contribution in [2.75, 3.05) is 6.54 Å². The van der Waals surface area contributed by atoms with Gasteiger partial charge in [-0.1, -0.05) is 6.92 Å². The van der Waals surface area contributed by atoms with Gasteiger partial charge in [-0.3, -0.25) is 9.59 Å². The fourth-order valence-electron chi connectivity index (χ4n) is 2.82. The Morgan fingerprint density at radius 2 is 2.08 bits per heavy atom. The molecule has 1 amide bonds. The van der Waals surface area contributed by atoms with E-state index in [1.165, 1.54) is 6.20 Å². The molecule has 1 N–H and O–H groups in total. The third-order valence-corrected chi connectivity index (χ3v) is 4.36. The number of amides is 1. The molecule has 1 aliphatic rings. The van der Waals surface area contributed by atoms with Crippen molar-refractivity contribution in [3.8, 4) is 5.82 Å². The van der Waals surface area contributed by atoms with E-state index in [2.05, 4.69) is 10.1 Å². The number of carbonyl (C=O) groups is 2. The minimum absolute atomic E-state index is 0.144. The van der Waals surface area contributed by atoms with E-state index in [0.717, 1.165) is 24.2 Å². The Morgan fingerprint density at radius 1 is 1.36 bits per heavy atom. The molecular weight excluding hydrogens is 320 g/mol. The van der Waals surface area contributed by atoms with Gasteiger partial charge in [0.25, 0.3) is 5.91 Å². The molecule has 25 heavy (non-hydrogen) atoms. The maximum atomic E-state index is 12.8. The highest BCUT2D eigenvalue weighted by Gasteiger charge is 2.35. The van der Waals surface area contributed by atoms with Crippen molar-refractivity contribution in [1.82, 2.24) is 19.7 Å². The Bertz CT molecular complexity index is 793. The Morgan fingerprint density at radius 3 is 2.56 bits per heavy atom. The fraction of sp³-hybridized carbons (Fsp3) is 0.444. The van der Waals surface area contributed by atoms with E-state index in [-0.39, 0.29) is 18.5 Å². The summed E-state index contributed by atoms with van der Waals surface area (Å²) < 4.78 is 1.73. The van der Waals surface area contributed by atoms with Gasteiger partial charge >= 0.3 is 5.97 Å². The lowest BCUT2D eigenvalue weighted by molar-refractivity contribution is -0.141. The number of aryl methyl sites for hydroxylation is 2. The molecule has 2 aromatic rings. The van der Waals surface area contributed by atoms with Crippen LogP contribution in [-0.2, 0) is 4.79 Å². The number of nitrogens with zero attached hydrogens (tertiary/aromatic N) is 4. The smallest absolute Gasteiger partial charge is 0.308 e. The number of carboxylic acid groups (broad SMARTS) is 1. The molecule has 132 valence electrons. The molecular formula is C18H22N4O3. The number of pyridine rings is 1. The summed E-state index contributed by atoms with van der Waals surface area (Å²) in [6.07, 6.45) is 3.39. The maximum absolute atomic E-state index is 12.8. The highest BCUT2D eigenvalue weighted by molar-refractivity contribution is 5.94. The zero-order chi connectivity index (χ0) is 18.1. The average molecular weight is 342 g/mol. The van der Waals surface area contributed by atoms with Crippen molar-refractivity contribution in [2.24, 2.45) is 5.92 Å². The van der Waals surface area contributed by atoms with Crippen LogP contribution in [0.3, 0.4) is 0 Å². The summed E-state index contributed by atoms with van der Waals surface area (Å²) in [5.74, 6) is -0.995. The molecule has 1 aliphatic carbocycles. The molecule has 7 nitrogen and oxygen atoms in total. The van der Waals surface area contributed by atoms with E-state index in [1.54, 1.807) is 28.6 Å². The minimum Gasteiger partial charge on any atom is -0.481 e. The quantitative estimate of drug-likeness (QED) is 0.869. The number of hydrogen-bond acceptors (Lipinski definition) is 4. The minimum atomic E-state index is -0.892. The van der Waals surface area contributed by atoms with E-state index < -0.39 is 11.9 Å². The molecule has 0 spiro atoms. The van der Waals surface area contributed by atoms with Crippen LogP contribution in [0.15, 0.2) is 24.4 Å². The Balaban J connectivity index is 1.79. The zero-order valence-corrected chi connectivity index (χ0v) is 14.6. The molecule has 2 heterocycles. The van der Waals surface area contributed by atoms with Crippen LogP contribution in [0.5, 0.6) is 0 Å². The molecule has 0 radical (unpaired) electrons. The van der Waals surface area contributed by atoms with Crippen LogP contribution in [0.1, 0.15) is 41.5 Å². The van der Waals surface area contributed by atoms with Crippen molar-refractivity contribution in [3.63, 3.8) is 0 Å². The predicted molar refractivity (Wildman–Crippen MR) is 91.7 cm³/mol. The average Bonchev–Trinajstić information content (AvgIpc) is 3.36. The fourth-order valence-corrected chi connectivity index (χ4v) is 2.82. The van der Waals surface area contributed by atoms with Gasteiger partial charge in [0.15, 0.2) is 5.82 Å². The third kappa shape index (κ3) is 3.70. The van der Waals surface area contributed by atoms with E-state index in [4.69, 9.17) is 5.11 Å². The van der Waals surface area contributed by atoms with Gasteiger partial charge in [0, 0.05) is 24.5 Å². The first-order valence-electron chi connectivity index (χ1n) is 8.40. The van der Waals surface area contributed by atoms with Gasteiger partial charge in [-0.15, -0.1) is 0 Å². The molecule has 1 unspecified atom stereocenters. The van der Waals surface area contributed by atoms with Crippen molar-refractivity contribution >= 4 is 11.9 Å². The van der Waals surface area contributed by atoms with Crippen molar-refractivity contribution < 1.29 is 14.7 Å². The summed E-state index contributed by atoms with van der Waals surface area (Å²) in [4.78, 5) is 29.9. The van der Waals surface area contributed by atoms with E-state index in [1.807, 2.05) is 19.9 Å². The monoisotopic (exact) mass is 342 g/mol. The summed E-state index contributed by atoms with van der Waals surface area (Å²) >= 11 is 0. The largest absolute Gasteiger partial charge is 0.481 e. The van der Waals surface area contributed by atoms with E-state index >= 15 is 0 Å². The van der Waals surface area contributed by atoms with Gasteiger partial charge < -0.3 is 10.0 Å². The number of hydrogen-bond donors (Lipinski definition) is 1. The summed E-state index contributed by atoms with van der Waals surface area (Å²) in [6.45, 7) is 5.70. The highest BCUT2D eigenvalue weighted by Crippen LogP contribution is 2.29. The first-order chi connectivity index (χ1) is 11.9. The number of carbonyl (C=O) groups excluding carboxylic acids is 1. The second kappa shape index (κ2) is 6.66. The van der Waals surface area contributed by atoms with Crippen LogP contribution >= 0.6 is 0 Å². The van der Waals surface area contributed by atoms with Gasteiger partial charge in [-0.05, 0) is 44.9 Å². The summed E-state index contributed by atoms with van der Waals surface area (Å²) in [5, 5.41) is 13.5. The van der Waals surface area contributed by atoms with Crippen LogP contribution in [0.25, 0.3) is 5.82 Å². The molecule has 0 aromatic carbocycles. The van der Waals surface area contributed by atoms with Crippen LogP contribution in [0.2, 0.25) is 0 Å². The Kier molecular flexibility index (Phi) is 4.57. The molecule has 1 saturated carbocycles. The lowest BCUT2D eigenvalue weighted by atomic mass is 10.1. The van der Waals surface area contributed by atoms with Gasteiger partial charge in [-0.25, -0.2) is 9.67 Å². The number of rotatable bonds is 6. The van der Waals surface area contributed by atoms with E-state index in [0.29, 0.717) is 11.4 Å². The van der Waals surface area contributed by atoms with Gasteiger partial charge in [0.2, 0.25) is 0 Å².